The van der Waals surface area contributed by atoms with Gasteiger partial charge in [0, 0.05) is 26.1 Å². The van der Waals surface area contributed by atoms with Crippen molar-refractivity contribution >= 4 is 34.0 Å². The summed E-state index contributed by atoms with van der Waals surface area (Å²) >= 11 is 2.54. The number of nitrogens with zero attached hydrogens (tertiary/aromatic N) is 4. The second kappa shape index (κ2) is 7.18. The van der Waals surface area contributed by atoms with Crippen LogP contribution in [0.4, 0.5) is 0 Å². The van der Waals surface area contributed by atoms with Crippen LogP contribution in [-0.2, 0) is 24.3 Å². The normalized spacial score (nSPS) is 14.5. The number of thioether (sulfide) groups is 1. The number of hydrogen-bond acceptors (Lipinski definition) is 7. The average molecular weight is 387 g/mol. The van der Waals surface area contributed by atoms with E-state index in [0.717, 1.165) is 25.2 Å². The molecule has 1 aliphatic rings. The lowest BCUT2D eigenvalue weighted by Crippen LogP contribution is -2.36. The molecule has 0 spiro atoms. The molecule has 3 aromatic rings. The molecule has 7 nitrogen and oxygen atoms in total. The van der Waals surface area contributed by atoms with Crippen LogP contribution in [0.2, 0.25) is 0 Å². The van der Waals surface area contributed by atoms with Crippen LogP contribution in [0.3, 0.4) is 0 Å². The van der Waals surface area contributed by atoms with E-state index in [1.807, 2.05) is 18.2 Å². The Balaban J connectivity index is 1.60. The first-order valence-electron chi connectivity index (χ1n) is 8.19. The molecule has 2 N–H and O–H groups in total. The molecule has 0 atom stereocenters. The molecule has 134 valence electrons. The van der Waals surface area contributed by atoms with Gasteiger partial charge in [0.1, 0.15) is 0 Å². The van der Waals surface area contributed by atoms with E-state index in [1.54, 1.807) is 0 Å². The molecule has 1 aromatic carbocycles. The topological polar surface area (TPSA) is 93.6 Å². The third kappa shape index (κ3) is 3.50. The van der Waals surface area contributed by atoms with Gasteiger partial charge in [0.25, 0.3) is 5.56 Å². The standard InChI is InChI=1S/C17H17N5O2S2/c18-14(23)10-25-17-20-22-15(24)12-9-21(8-11-4-2-1-3-5-11)7-6-13(12)19-16(22)26-17/h1-5H,6-10H2,(H2,18,23). The molecule has 0 fully saturated rings. The smallest absolute Gasteiger partial charge is 0.279 e. The van der Waals surface area contributed by atoms with Crippen molar-refractivity contribution in [2.45, 2.75) is 23.8 Å². The fourth-order valence-corrected chi connectivity index (χ4v) is 4.69. The number of fused-ring (bicyclic) bond motifs is 2. The van der Waals surface area contributed by atoms with Crippen LogP contribution in [0.1, 0.15) is 16.8 Å². The second-order valence-electron chi connectivity index (χ2n) is 6.11. The van der Waals surface area contributed by atoms with Crippen LogP contribution in [0.25, 0.3) is 4.96 Å². The van der Waals surface area contributed by atoms with Crippen molar-refractivity contribution < 1.29 is 4.79 Å². The zero-order valence-electron chi connectivity index (χ0n) is 13.9. The first-order valence-corrected chi connectivity index (χ1v) is 9.99. The Kier molecular flexibility index (Phi) is 4.75. The molecule has 26 heavy (non-hydrogen) atoms. The number of carbonyl (C=O) groups excluding carboxylic acids is 1. The van der Waals surface area contributed by atoms with Gasteiger partial charge in [0.2, 0.25) is 10.9 Å². The Morgan fingerprint density at radius 3 is 2.88 bits per heavy atom. The van der Waals surface area contributed by atoms with E-state index >= 15 is 0 Å². The van der Waals surface area contributed by atoms with E-state index in [0.29, 0.717) is 21.4 Å². The molecule has 3 heterocycles. The van der Waals surface area contributed by atoms with Crippen molar-refractivity contribution in [3.63, 3.8) is 0 Å². The van der Waals surface area contributed by atoms with Gasteiger partial charge in [0.05, 0.1) is 17.0 Å². The Morgan fingerprint density at radius 2 is 2.12 bits per heavy atom. The largest absolute Gasteiger partial charge is 0.369 e. The summed E-state index contributed by atoms with van der Waals surface area (Å²) in [5.41, 5.74) is 7.84. The highest BCUT2D eigenvalue weighted by Crippen LogP contribution is 2.25. The fourth-order valence-electron chi connectivity index (χ4n) is 3.00. The van der Waals surface area contributed by atoms with E-state index < -0.39 is 5.91 Å². The quantitative estimate of drug-likeness (QED) is 0.663. The highest BCUT2D eigenvalue weighted by atomic mass is 32.2. The molecule has 0 bridgehead atoms. The van der Waals surface area contributed by atoms with Crippen molar-refractivity contribution in [2.24, 2.45) is 5.73 Å². The van der Waals surface area contributed by atoms with Gasteiger partial charge in [-0.1, -0.05) is 53.4 Å². The molecule has 0 radical (unpaired) electrons. The summed E-state index contributed by atoms with van der Waals surface area (Å²) in [5.74, 6) is -0.274. The van der Waals surface area contributed by atoms with Crippen molar-refractivity contribution in [1.82, 2.24) is 19.5 Å². The lowest BCUT2D eigenvalue weighted by molar-refractivity contribution is -0.115. The molecule has 0 saturated carbocycles. The van der Waals surface area contributed by atoms with Crippen molar-refractivity contribution in [2.75, 3.05) is 12.3 Å². The molecule has 2 aromatic heterocycles. The van der Waals surface area contributed by atoms with Crippen LogP contribution in [0.5, 0.6) is 0 Å². The molecule has 1 aliphatic heterocycles. The SMILES string of the molecule is NC(=O)CSc1nn2c(=O)c3c(nc2s1)CCN(Cc1ccccc1)C3. The summed E-state index contributed by atoms with van der Waals surface area (Å²) in [6.45, 7) is 2.24. The Morgan fingerprint density at radius 1 is 1.31 bits per heavy atom. The van der Waals surface area contributed by atoms with Gasteiger partial charge in [0.15, 0.2) is 4.34 Å². The number of hydrogen-bond donors (Lipinski definition) is 1. The van der Waals surface area contributed by atoms with Crippen LogP contribution >= 0.6 is 23.1 Å². The molecule has 0 saturated heterocycles. The minimum absolute atomic E-state index is 0.120. The highest BCUT2D eigenvalue weighted by Gasteiger charge is 2.23. The van der Waals surface area contributed by atoms with Crippen LogP contribution < -0.4 is 11.3 Å². The maximum absolute atomic E-state index is 12.9. The monoisotopic (exact) mass is 387 g/mol. The Hall–Kier alpha value is -2.23. The fraction of sp³-hybridized carbons (Fsp3) is 0.294. The zero-order valence-corrected chi connectivity index (χ0v) is 15.6. The minimum atomic E-state index is -0.412. The van der Waals surface area contributed by atoms with Gasteiger partial charge in [-0.2, -0.15) is 4.52 Å². The third-order valence-electron chi connectivity index (χ3n) is 4.20. The highest BCUT2D eigenvalue weighted by molar-refractivity contribution is 8.01. The summed E-state index contributed by atoms with van der Waals surface area (Å²) < 4.78 is 1.97. The van der Waals surface area contributed by atoms with Gasteiger partial charge in [-0.25, -0.2) is 4.98 Å². The Labute approximate surface area is 157 Å². The number of carbonyl (C=O) groups is 1. The van der Waals surface area contributed by atoms with Gasteiger partial charge >= 0.3 is 0 Å². The number of nitrogens with two attached hydrogens (primary N) is 1. The van der Waals surface area contributed by atoms with E-state index in [4.69, 9.17) is 5.73 Å². The molecule has 9 heteroatoms. The van der Waals surface area contributed by atoms with E-state index in [2.05, 4.69) is 27.1 Å². The maximum atomic E-state index is 12.9. The summed E-state index contributed by atoms with van der Waals surface area (Å²) in [5, 5.41) is 4.30. The van der Waals surface area contributed by atoms with Crippen molar-refractivity contribution in [1.29, 1.82) is 0 Å². The molecular formula is C17H17N5O2S2. The zero-order chi connectivity index (χ0) is 18.1. The third-order valence-corrected chi connectivity index (χ3v) is 6.27. The van der Waals surface area contributed by atoms with Gasteiger partial charge in [-0.15, -0.1) is 5.10 Å². The van der Waals surface area contributed by atoms with Crippen LogP contribution in [0, 0.1) is 0 Å². The van der Waals surface area contributed by atoms with E-state index in [1.165, 1.54) is 33.2 Å². The minimum Gasteiger partial charge on any atom is -0.369 e. The number of aromatic nitrogens is 3. The number of benzene rings is 1. The second-order valence-corrected chi connectivity index (χ2v) is 8.28. The predicted octanol–water partition coefficient (Wildman–Crippen LogP) is 1.29. The molecular weight excluding hydrogens is 370 g/mol. The lowest BCUT2D eigenvalue weighted by Gasteiger charge is -2.27. The molecule has 4 rings (SSSR count). The number of primary amides is 1. The number of amides is 1. The van der Waals surface area contributed by atoms with Crippen LogP contribution in [0.15, 0.2) is 39.5 Å². The van der Waals surface area contributed by atoms with Crippen LogP contribution in [-0.4, -0.2) is 37.7 Å². The van der Waals surface area contributed by atoms with Crippen molar-refractivity contribution in [3.05, 3.63) is 57.5 Å². The summed E-state index contributed by atoms with van der Waals surface area (Å²) in [7, 11) is 0. The van der Waals surface area contributed by atoms with Crippen molar-refractivity contribution in [3.8, 4) is 0 Å². The van der Waals surface area contributed by atoms with Gasteiger partial charge in [-0.05, 0) is 5.56 Å². The number of rotatable bonds is 5. The first kappa shape index (κ1) is 17.2. The van der Waals surface area contributed by atoms with Gasteiger partial charge < -0.3 is 5.73 Å². The summed E-state index contributed by atoms with van der Waals surface area (Å²) in [6, 6.07) is 10.2. The molecule has 1 amide bonds. The first-order chi connectivity index (χ1) is 12.6. The molecule has 0 unspecified atom stereocenters. The van der Waals surface area contributed by atoms with Gasteiger partial charge in [-0.3, -0.25) is 14.5 Å². The Bertz CT molecular complexity index is 1020. The maximum Gasteiger partial charge on any atom is 0.279 e. The average Bonchev–Trinajstić information content (AvgIpc) is 3.05. The summed E-state index contributed by atoms with van der Waals surface area (Å²) in [6.07, 6.45) is 0.746. The summed E-state index contributed by atoms with van der Waals surface area (Å²) in [4.78, 5) is 31.2. The molecule has 0 aliphatic carbocycles. The van der Waals surface area contributed by atoms with E-state index in [-0.39, 0.29) is 11.3 Å². The predicted molar refractivity (Wildman–Crippen MR) is 101 cm³/mol. The van der Waals surface area contributed by atoms with E-state index in [9.17, 15) is 9.59 Å². The lowest BCUT2D eigenvalue weighted by atomic mass is 10.1.